The smallest absolute Gasteiger partial charge is 0.137 e. The van der Waals surface area contributed by atoms with Gasteiger partial charge in [-0.05, 0) is 57.9 Å². The van der Waals surface area contributed by atoms with E-state index < -0.39 is 0 Å². The summed E-state index contributed by atoms with van der Waals surface area (Å²) in [7, 11) is 1.63. The number of benzene rings is 1. The Morgan fingerprint density at radius 1 is 1.29 bits per heavy atom. The third kappa shape index (κ3) is 5.42. The van der Waals surface area contributed by atoms with E-state index in [1.807, 2.05) is 12.1 Å². The molecule has 0 radical (unpaired) electrons. The zero-order chi connectivity index (χ0) is 12.9. The van der Waals surface area contributed by atoms with E-state index in [-0.39, 0.29) is 5.54 Å². The summed E-state index contributed by atoms with van der Waals surface area (Å²) in [5.74, 6) is 0.739. The molecular weight excluding hydrogens is 234 g/mol. The van der Waals surface area contributed by atoms with Crippen LogP contribution in [0.4, 0.5) is 0 Å². The first-order chi connectivity index (χ1) is 7.92. The Labute approximate surface area is 109 Å². The maximum Gasteiger partial charge on any atom is 0.137 e. The second kappa shape index (κ2) is 6.27. The average Bonchev–Trinajstić information content (AvgIpc) is 2.23. The summed E-state index contributed by atoms with van der Waals surface area (Å²) in [5.41, 5.74) is 1.45. The summed E-state index contributed by atoms with van der Waals surface area (Å²) in [6, 6.07) is 5.98. The van der Waals surface area contributed by atoms with Crippen LogP contribution in [-0.2, 0) is 6.42 Å². The molecule has 1 rings (SSSR count). The van der Waals surface area contributed by atoms with Crippen LogP contribution in [0.3, 0.4) is 0 Å². The summed E-state index contributed by atoms with van der Waals surface area (Å²) in [6.07, 6.45) is 2.15. The van der Waals surface area contributed by atoms with Crippen molar-refractivity contribution in [3.8, 4) is 5.75 Å². The van der Waals surface area contributed by atoms with Crippen LogP contribution in [-0.4, -0.2) is 19.2 Å². The molecule has 2 nitrogen and oxygen atoms in total. The van der Waals surface area contributed by atoms with Gasteiger partial charge >= 0.3 is 0 Å². The largest absolute Gasteiger partial charge is 0.495 e. The summed E-state index contributed by atoms with van der Waals surface area (Å²) in [6.45, 7) is 7.55. The zero-order valence-corrected chi connectivity index (χ0v) is 11.9. The minimum absolute atomic E-state index is 0.192. The molecule has 0 amide bonds. The SMILES string of the molecule is COc1ccc(CCCNC(C)(C)C)cc1Cl. The van der Waals surface area contributed by atoms with Crippen molar-refractivity contribution in [2.24, 2.45) is 0 Å². The van der Waals surface area contributed by atoms with E-state index in [9.17, 15) is 0 Å². The number of aryl methyl sites for hydroxylation is 1. The lowest BCUT2D eigenvalue weighted by Crippen LogP contribution is -2.36. The third-order valence-corrected chi connectivity index (χ3v) is 2.81. The molecule has 0 bridgehead atoms. The highest BCUT2D eigenvalue weighted by Gasteiger charge is 2.07. The molecule has 0 spiro atoms. The molecule has 3 heteroatoms. The first-order valence-corrected chi connectivity index (χ1v) is 6.37. The molecule has 0 aliphatic carbocycles. The molecule has 0 aliphatic heterocycles. The van der Waals surface area contributed by atoms with Crippen LogP contribution < -0.4 is 10.1 Å². The van der Waals surface area contributed by atoms with Gasteiger partial charge in [-0.3, -0.25) is 0 Å². The Morgan fingerprint density at radius 3 is 2.53 bits per heavy atom. The molecule has 96 valence electrons. The molecule has 1 aromatic carbocycles. The summed E-state index contributed by atoms with van der Waals surface area (Å²) in [5, 5.41) is 4.16. The van der Waals surface area contributed by atoms with Gasteiger partial charge in [0.1, 0.15) is 5.75 Å². The Hall–Kier alpha value is -0.730. The van der Waals surface area contributed by atoms with Gasteiger partial charge in [-0.15, -0.1) is 0 Å². The molecule has 0 unspecified atom stereocenters. The van der Waals surface area contributed by atoms with Crippen molar-refractivity contribution in [2.45, 2.75) is 39.2 Å². The Balaban J connectivity index is 2.40. The Kier molecular flexibility index (Phi) is 5.29. The van der Waals surface area contributed by atoms with Gasteiger partial charge in [-0.1, -0.05) is 17.7 Å². The van der Waals surface area contributed by atoms with Gasteiger partial charge < -0.3 is 10.1 Å². The molecule has 0 aliphatic rings. The lowest BCUT2D eigenvalue weighted by atomic mass is 10.1. The lowest BCUT2D eigenvalue weighted by molar-refractivity contribution is 0.414. The predicted octanol–water partition coefficient (Wildman–Crippen LogP) is 3.67. The number of hydrogen-bond donors (Lipinski definition) is 1. The number of nitrogens with one attached hydrogen (secondary N) is 1. The second-order valence-corrected chi connectivity index (χ2v) is 5.66. The molecule has 1 N–H and O–H groups in total. The standard InChI is InChI=1S/C14H22ClNO/c1-14(2,3)16-9-5-6-11-7-8-13(17-4)12(15)10-11/h7-8,10,16H,5-6,9H2,1-4H3. The van der Waals surface area contributed by atoms with Crippen molar-refractivity contribution in [3.63, 3.8) is 0 Å². The van der Waals surface area contributed by atoms with Crippen molar-refractivity contribution in [1.82, 2.24) is 5.32 Å². The summed E-state index contributed by atoms with van der Waals surface area (Å²) >= 11 is 6.07. The first kappa shape index (κ1) is 14.3. The monoisotopic (exact) mass is 255 g/mol. The minimum Gasteiger partial charge on any atom is -0.495 e. The molecule has 0 heterocycles. The first-order valence-electron chi connectivity index (χ1n) is 6.00. The highest BCUT2D eigenvalue weighted by atomic mass is 35.5. The molecule has 0 saturated carbocycles. The molecule has 17 heavy (non-hydrogen) atoms. The number of ether oxygens (including phenoxy) is 1. The summed E-state index contributed by atoms with van der Waals surface area (Å²) < 4.78 is 5.13. The van der Waals surface area contributed by atoms with Gasteiger partial charge in [0, 0.05) is 5.54 Å². The second-order valence-electron chi connectivity index (χ2n) is 5.25. The van der Waals surface area contributed by atoms with Crippen molar-refractivity contribution in [3.05, 3.63) is 28.8 Å². The van der Waals surface area contributed by atoms with Gasteiger partial charge in [-0.25, -0.2) is 0 Å². The van der Waals surface area contributed by atoms with Crippen LogP contribution in [0.15, 0.2) is 18.2 Å². The maximum atomic E-state index is 6.07. The van der Waals surface area contributed by atoms with E-state index in [1.165, 1.54) is 5.56 Å². The molecule has 0 aromatic heterocycles. The number of halogens is 1. The molecule has 0 saturated heterocycles. The lowest BCUT2D eigenvalue weighted by Gasteiger charge is -2.20. The van der Waals surface area contributed by atoms with E-state index in [0.29, 0.717) is 5.02 Å². The van der Waals surface area contributed by atoms with Crippen LogP contribution in [0.5, 0.6) is 5.75 Å². The number of hydrogen-bond acceptors (Lipinski definition) is 2. The molecule has 0 atom stereocenters. The quantitative estimate of drug-likeness (QED) is 0.811. The fourth-order valence-electron chi connectivity index (χ4n) is 1.62. The maximum absolute atomic E-state index is 6.07. The minimum atomic E-state index is 0.192. The highest BCUT2D eigenvalue weighted by molar-refractivity contribution is 6.32. The number of rotatable bonds is 5. The summed E-state index contributed by atoms with van der Waals surface area (Å²) in [4.78, 5) is 0. The van der Waals surface area contributed by atoms with Gasteiger partial charge in [0.05, 0.1) is 12.1 Å². The van der Waals surface area contributed by atoms with Crippen LogP contribution in [0.1, 0.15) is 32.8 Å². The normalized spacial score (nSPS) is 11.6. The Bertz CT molecular complexity index is 358. The molecule has 1 aromatic rings. The zero-order valence-electron chi connectivity index (χ0n) is 11.1. The van der Waals surface area contributed by atoms with Crippen molar-refractivity contribution in [2.75, 3.05) is 13.7 Å². The average molecular weight is 256 g/mol. The fraction of sp³-hybridized carbons (Fsp3) is 0.571. The van der Waals surface area contributed by atoms with Crippen LogP contribution >= 0.6 is 11.6 Å². The van der Waals surface area contributed by atoms with Crippen molar-refractivity contribution in [1.29, 1.82) is 0 Å². The fourth-order valence-corrected chi connectivity index (χ4v) is 1.90. The Morgan fingerprint density at radius 2 is 2.00 bits per heavy atom. The van der Waals surface area contributed by atoms with E-state index in [0.717, 1.165) is 25.1 Å². The predicted molar refractivity (Wildman–Crippen MR) is 74.1 cm³/mol. The van der Waals surface area contributed by atoms with E-state index in [4.69, 9.17) is 16.3 Å². The number of methoxy groups -OCH3 is 1. The topological polar surface area (TPSA) is 21.3 Å². The molecule has 0 fully saturated rings. The highest BCUT2D eigenvalue weighted by Crippen LogP contribution is 2.25. The van der Waals surface area contributed by atoms with Gasteiger partial charge in [0.15, 0.2) is 0 Å². The van der Waals surface area contributed by atoms with Crippen LogP contribution in [0.25, 0.3) is 0 Å². The van der Waals surface area contributed by atoms with Gasteiger partial charge in [0.25, 0.3) is 0 Å². The van der Waals surface area contributed by atoms with Gasteiger partial charge in [0.2, 0.25) is 0 Å². The van der Waals surface area contributed by atoms with E-state index in [2.05, 4.69) is 32.2 Å². The van der Waals surface area contributed by atoms with Crippen LogP contribution in [0.2, 0.25) is 5.02 Å². The molecular formula is C14H22ClNO. The van der Waals surface area contributed by atoms with E-state index in [1.54, 1.807) is 7.11 Å². The van der Waals surface area contributed by atoms with Crippen LogP contribution in [0, 0.1) is 0 Å². The van der Waals surface area contributed by atoms with Gasteiger partial charge in [-0.2, -0.15) is 0 Å². The van der Waals surface area contributed by atoms with Crippen molar-refractivity contribution >= 4 is 11.6 Å². The van der Waals surface area contributed by atoms with Crippen molar-refractivity contribution < 1.29 is 4.74 Å². The van der Waals surface area contributed by atoms with E-state index >= 15 is 0 Å². The third-order valence-electron chi connectivity index (χ3n) is 2.51.